The lowest BCUT2D eigenvalue weighted by atomic mass is 9.85. The van der Waals surface area contributed by atoms with E-state index in [4.69, 9.17) is 5.21 Å². The van der Waals surface area contributed by atoms with E-state index in [-0.39, 0.29) is 24.3 Å². The number of hydrogen-bond acceptors (Lipinski definition) is 4. The Morgan fingerprint density at radius 3 is 2.07 bits per heavy atom. The molecule has 218 valence electrons. The van der Waals surface area contributed by atoms with Crippen LogP contribution in [0.4, 0.5) is 0 Å². The Morgan fingerprint density at radius 2 is 1.49 bits per heavy atom. The Kier molecular flexibility index (Phi) is 11.2. The Morgan fingerprint density at radius 1 is 0.854 bits per heavy atom. The van der Waals surface area contributed by atoms with Gasteiger partial charge in [0.15, 0.2) is 0 Å². The summed E-state index contributed by atoms with van der Waals surface area (Å²) in [6.07, 6.45) is 1.65. The van der Waals surface area contributed by atoms with Crippen molar-refractivity contribution in [1.29, 1.82) is 0 Å². The van der Waals surface area contributed by atoms with Crippen LogP contribution < -0.4 is 16.1 Å². The summed E-state index contributed by atoms with van der Waals surface area (Å²) in [5.41, 5.74) is 6.70. The van der Waals surface area contributed by atoms with E-state index in [1.54, 1.807) is 5.48 Å². The van der Waals surface area contributed by atoms with Crippen molar-refractivity contribution in [3.05, 3.63) is 95.6 Å². The highest BCUT2D eigenvalue weighted by Crippen LogP contribution is 2.26. The number of hydroxylamine groups is 1. The van der Waals surface area contributed by atoms with Crippen LogP contribution in [-0.2, 0) is 20.8 Å². The first-order valence-corrected chi connectivity index (χ1v) is 14.2. The molecule has 0 aliphatic carbocycles. The summed E-state index contributed by atoms with van der Waals surface area (Å²) in [6, 6.07) is 25.2. The minimum Gasteiger partial charge on any atom is -0.348 e. The third-order valence-corrected chi connectivity index (χ3v) is 7.39. The van der Waals surface area contributed by atoms with Crippen LogP contribution in [0.15, 0.2) is 78.9 Å². The molecule has 7 nitrogen and oxygen atoms in total. The van der Waals surface area contributed by atoms with Gasteiger partial charge in [0.05, 0.1) is 6.04 Å². The largest absolute Gasteiger partial charge is 0.348 e. The van der Waals surface area contributed by atoms with Crippen LogP contribution in [-0.4, -0.2) is 29.0 Å². The van der Waals surface area contributed by atoms with E-state index in [1.807, 2.05) is 76.2 Å². The average Bonchev–Trinajstić information content (AvgIpc) is 2.95. The number of carbonyl (C=O) groups excluding carboxylic acids is 3. The molecule has 7 heteroatoms. The highest BCUT2D eigenvalue weighted by molar-refractivity contribution is 5.91. The number of nitrogens with one attached hydrogen (secondary N) is 3. The van der Waals surface area contributed by atoms with Gasteiger partial charge in [-0.05, 0) is 66.3 Å². The Balaban J connectivity index is 1.67. The van der Waals surface area contributed by atoms with Crippen LogP contribution in [0, 0.1) is 18.3 Å². The van der Waals surface area contributed by atoms with E-state index in [0.717, 1.165) is 17.5 Å². The lowest BCUT2D eigenvalue weighted by molar-refractivity contribution is -0.137. The van der Waals surface area contributed by atoms with Gasteiger partial charge < -0.3 is 10.6 Å². The monoisotopic (exact) mass is 557 g/mol. The number of carbonyl (C=O) groups is 3. The lowest BCUT2D eigenvalue weighted by Gasteiger charge is -2.32. The quantitative estimate of drug-likeness (QED) is 0.164. The summed E-state index contributed by atoms with van der Waals surface area (Å²) in [6.45, 7) is 9.66. The van der Waals surface area contributed by atoms with Crippen LogP contribution in [0.25, 0.3) is 11.1 Å². The summed E-state index contributed by atoms with van der Waals surface area (Å²) < 4.78 is 0. The fourth-order valence-electron chi connectivity index (χ4n) is 5.03. The Hall–Kier alpha value is -3.97. The van der Waals surface area contributed by atoms with Crippen LogP contribution in [0.3, 0.4) is 0 Å². The highest BCUT2D eigenvalue weighted by atomic mass is 16.5. The first-order chi connectivity index (χ1) is 19.5. The third kappa shape index (κ3) is 9.29. The van der Waals surface area contributed by atoms with E-state index in [0.29, 0.717) is 12.8 Å². The van der Waals surface area contributed by atoms with Gasteiger partial charge in [0, 0.05) is 12.3 Å². The molecule has 4 N–H and O–H groups in total. The number of aryl methyl sites for hydroxylation is 2. The van der Waals surface area contributed by atoms with E-state index in [1.165, 1.54) is 16.7 Å². The zero-order chi connectivity index (χ0) is 30.0. The maximum atomic E-state index is 13.5. The van der Waals surface area contributed by atoms with Gasteiger partial charge in [-0.15, -0.1) is 0 Å². The number of rotatable bonds is 12. The summed E-state index contributed by atoms with van der Waals surface area (Å²) in [5, 5.41) is 15.1. The normalized spacial score (nSPS) is 13.5. The molecule has 0 aliphatic rings. The van der Waals surface area contributed by atoms with E-state index >= 15 is 0 Å². The second-order valence-corrected chi connectivity index (χ2v) is 11.8. The zero-order valence-corrected chi connectivity index (χ0v) is 24.7. The number of amides is 3. The van der Waals surface area contributed by atoms with E-state index in [9.17, 15) is 14.4 Å². The molecule has 3 aromatic carbocycles. The maximum Gasteiger partial charge on any atom is 0.244 e. The van der Waals surface area contributed by atoms with Crippen molar-refractivity contribution in [2.24, 2.45) is 11.3 Å². The van der Waals surface area contributed by atoms with Crippen LogP contribution in [0.1, 0.15) is 69.7 Å². The molecule has 0 aromatic heterocycles. The predicted molar refractivity (Wildman–Crippen MR) is 162 cm³/mol. The molecule has 0 bridgehead atoms. The van der Waals surface area contributed by atoms with E-state index in [2.05, 4.69) is 47.9 Å². The van der Waals surface area contributed by atoms with Crippen molar-refractivity contribution in [2.75, 3.05) is 0 Å². The van der Waals surface area contributed by atoms with Crippen LogP contribution in [0.5, 0.6) is 0 Å². The Bertz CT molecular complexity index is 1300. The third-order valence-electron chi connectivity index (χ3n) is 7.39. The molecule has 0 aliphatic heterocycles. The van der Waals surface area contributed by atoms with Gasteiger partial charge in [-0.1, -0.05) is 99.6 Å². The van der Waals surface area contributed by atoms with E-state index < -0.39 is 23.3 Å². The SMILES string of the molecule is Cc1cc(CCCC(CC(=O)NO)C(=O)NC(C(=O)NC(C)c2ccccc2)C(C)(C)C)ccc1-c1ccccc1. The van der Waals surface area contributed by atoms with Crippen molar-refractivity contribution in [3.8, 4) is 11.1 Å². The molecule has 0 saturated heterocycles. The van der Waals surface area contributed by atoms with Gasteiger partial charge in [0.25, 0.3) is 0 Å². The molecule has 3 atom stereocenters. The van der Waals surface area contributed by atoms with Crippen molar-refractivity contribution < 1.29 is 19.6 Å². The Labute approximate surface area is 243 Å². The van der Waals surface area contributed by atoms with Crippen LogP contribution >= 0.6 is 0 Å². The number of hydrogen-bond donors (Lipinski definition) is 4. The molecule has 0 radical (unpaired) electrons. The van der Waals surface area contributed by atoms with Gasteiger partial charge in [0.1, 0.15) is 6.04 Å². The minimum atomic E-state index is -0.811. The summed E-state index contributed by atoms with van der Waals surface area (Å²) in [5.74, 6) is -2.01. The molecule has 3 aromatic rings. The summed E-state index contributed by atoms with van der Waals surface area (Å²) >= 11 is 0. The second-order valence-electron chi connectivity index (χ2n) is 11.8. The topological polar surface area (TPSA) is 108 Å². The molecular weight excluding hydrogens is 514 g/mol. The van der Waals surface area contributed by atoms with Gasteiger partial charge in [0.2, 0.25) is 17.7 Å². The summed E-state index contributed by atoms with van der Waals surface area (Å²) in [4.78, 5) is 38.9. The predicted octanol–water partition coefficient (Wildman–Crippen LogP) is 5.90. The fourth-order valence-corrected chi connectivity index (χ4v) is 5.03. The van der Waals surface area contributed by atoms with Crippen LogP contribution in [0.2, 0.25) is 0 Å². The molecular formula is C34H43N3O4. The lowest BCUT2D eigenvalue weighted by Crippen LogP contribution is -2.55. The molecule has 0 spiro atoms. The van der Waals surface area contributed by atoms with Gasteiger partial charge in [-0.25, -0.2) is 5.48 Å². The van der Waals surface area contributed by atoms with Gasteiger partial charge in [-0.2, -0.15) is 0 Å². The minimum absolute atomic E-state index is 0.173. The maximum absolute atomic E-state index is 13.5. The molecule has 3 rings (SSSR count). The molecule has 0 fully saturated rings. The summed E-state index contributed by atoms with van der Waals surface area (Å²) in [7, 11) is 0. The molecule has 3 unspecified atom stereocenters. The highest BCUT2D eigenvalue weighted by Gasteiger charge is 2.35. The molecule has 41 heavy (non-hydrogen) atoms. The molecule has 3 amide bonds. The van der Waals surface area contributed by atoms with Crippen molar-refractivity contribution in [1.82, 2.24) is 16.1 Å². The average molecular weight is 558 g/mol. The van der Waals surface area contributed by atoms with Crippen molar-refractivity contribution in [2.45, 2.75) is 72.4 Å². The smallest absolute Gasteiger partial charge is 0.244 e. The fraction of sp³-hybridized carbons (Fsp3) is 0.382. The van der Waals surface area contributed by atoms with Crippen molar-refractivity contribution >= 4 is 17.7 Å². The first-order valence-electron chi connectivity index (χ1n) is 14.2. The van der Waals surface area contributed by atoms with Gasteiger partial charge >= 0.3 is 0 Å². The molecule has 0 heterocycles. The number of benzene rings is 3. The van der Waals surface area contributed by atoms with Gasteiger partial charge in [-0.3, -0.25) is 19.6 Å². The zero-order valence-electron chi connectivity index (χ0n) is 24.7. The molecule has 0 saturated carbocycles. The first kappa shape index (κ1) is 31.6. The second kappa shape index (κ2) is 14.6. The standard InChI is InChI=1S/C34H43N3O4/c1-23-21-25(19-20-29(23)27-16-10-7-11-17-27)13-12-18-28(22-30(38)37-41)32(39)36-31(34(3,4)5)33(40)35-24(2)26-14-8-6-9-15-26/h6-11,14-17,19-21,24,28,31,41H,12-13,18,22H2,1-5H3,(H,35,40)(H,36,39)(H,37,38). The van der Waals surface area contributed by atoms with Crippen molar-refractivity contribution in [3.63, 3.8) is 0 Å².